The fourth-order valence-corrected chi connectivity index (χ4v) is 2.33. The zero-order valence-corrected chi connectivity index (χ0v) is 11.5. The number of hydrogen-bond donors (Lipinski definition) is 2. The second-order valence-electron chi connectivity index (χ2n) is 5.45. The van der Waals surface area contributed by atoms with Crippen molar-refractivity contribution in [1.29, 1.82) is 0 Å². The topological polar surface area (TPSA) is 29.1 Å². The first-order valence-electron chi connectivity index (χ1n) is 6.02. The van der Waals surface area contributed by atoms with Gasteiger partial charge in [0.2, 0.25) is 0 Å². The summed E-state index contributed by atoms with van der Waals surface area (Å²) in [6.45, 7) is 6.15. The summed E-state index contributed by atoms with van der Waals surface area (Å²) in [5.41, 5.74) is 1.62. The van der Waals surface area contributed by atoms with E-state index in [0.29, 0.717) is 5.92 Å². The van der Waals surface area contributed by atoms with Crippen LogP contribution in [0.15, 0.2) is 23.1 Å². The molecule has 1 amide bonds. The van der Waals surface area contributed by atoms with Crippen molar-refractivity contribution in [2.24, 2.45) is 5.92 Å². The summed E-state index contributed by atoms with van der Waals surface area (Å²) >= 11 is 4.28. The minimum atomic E-state index is -0.101. The fraction of sp³-hybridized carbons (Fsp3) is 0.500. The van der Waals surface area contributed by atoms with E-state index < -0.39 is 0 Å². The monoisotopic (exact) mass is 249 g/mol. The molecule has 1 aliphatic carbocycles. The van der Waals surface area contributed by atoms with Gasteiger partial charge in [0.05, 0.1) is 0 Å². The second-order valence-corrected chi connectivity index (χ2v) is 5.97. The maximum atomic E-state index is 12.2. The summed E-state index contributed by atoms with van der Waals surface area (Å²) in [5.74, 6) is 0.640. The average molecular weight is 249 g/mol. The van der Waals surface area contributed by atoms with Crippen molar-refractivity contribution >= 4 is 18.5 Å². The van der Waals surface area contributed by atoms with Crippen LogP contribution in [0, 0.1) is 12.8 Å². The zero-order valence-electron chi connectivity index (χ0n) is 10.6. The van der Waals surface area contributed by atoms with E-state index in [9.17, 15) is 4.79 Å². The van der Waals surface area contributed by atoms with Crippen molar-refractivity contribution in [1.82, 2.24) is 5.32 Å². The molecule has 92 valence electrons. The molecule has 2 rings (SSSR count). The lowest BCUT2D eigenvalue weighted by molar-refractivity contribution is 0.0902. The van der Waals surface area contributed by atoms with Gasteiger partial charge in [0, 0.05) is 16.0 Å². The number of carbonyl (C=O) groups excluding carboxylic acids is 1. The van der Waals surface area contributed by atoms with E-state index in [4.69, 9.17) is 0 Å². The van der Waals surface area contributed by atoms with E-state index >= 15 is 0 Å². The first-order valence-corrected chi connectivity index (χ1v) is 6.47. The van der Waals surface area contributed by atoms with Gasteiger partial charge in [-0.05, 0) is 57.2 Å². The molecule has 0 heterocycles. The van der Waals surface area contributed by atoms with Crippen LogP contribution in [-0.2, 0) is 0 Å². The van der Waals surface area contributed by atoms with Crippen LogP contribution in [0.3, 0.4) is 0 Å². The van der Waals surface area contributed by atoms with E-state index in [-0.39, 0.29) is 11.4 Å². The minimum absolute atomic E-state index is 0.00954. The maximum Gasteiger partial charge on any atom is 0.252 e. The molecule has 0 radical (unpaired) electrons. The molecule has 0 bridgehead atoms. The van der Waals surface area contributed by atoms with E-state index in [1.807, 2.05) is 25.1 Å². The standard InChI is InChI=1S/C14H19NOS/c1-9-4-7-11(17)8-12(9)13(16)15-14(2,3)10-5-6-10/h4,7-8,10,17H,5-6H2,1-3H3,(H,15,16). The number of hydrogen-bond acceptors (Lipinski definition) is 2. The Labute approximate surface area is 108 Å². The van der Waals surface area contributed by atoms with Gasteiger partial charge in [-0.2, -0.15) is 0 Å². The maximum absolute atomic E-state index is 12.2. The number of aryl methyl sites for hydroxylation is 1. The lowest BCUT2D eigenvalue weighted by Crippen LogP contribution is -2.45. The zero-order chi connectivity index (χ0) is 12.6. The molecule has 1 aromatic rings. The summed E-state index contributed by atoms with van der Waals surface area (Å²) in [6, 6.07) is 5.67. The van der Waals surface area contributed by atoms with Crippen LogP contribution >= 0.6 is 12.6 Å². The second kappa shape index (κ2) is 4.37. The van der Waals surface area contributed by atoms with Crippen LogP contribution < -0.4 is 5.32 Å². The van der Waals surface area contributed by atoms with Gasteiger partial charge in [0.1, 0.15) is 0 Å². The molecule has 17 heavy (non-hydrogen) atoms. The normalized spacial score (nSPS) is 15.8. The Morgan fingerprint density at radius 1 is 1.41 bits per heavy atom. The number of amides is 1. The Kier molecular flexibility index (Phi) is 3.21. The predicted octanol–water partition coefficient (Wildman–Crippen LogP) is 3.20. The van der Waals surface area contributed by atoms with Crippen molar-refractivity contribution in [3.8, 4) is 0 Å². The Bertz CT molecular complexity index is 450. The molecular weight excluding hydrogens is 230 g/mol. The largest absolute Gasteiger partial charge is 0.347 e. The number of thiol groups is 1. The Morgan fingerprint density at radius 3 is 2.65 bits per heavy atom. The smallest absolute Gasteiger partial charge is 0.252 e. The van der Waals surface area contributed by atoms with Crippen LogP contribution in [0.25, 0.3) is 0 Å². The van der Waals surface area contributed by atoms with Gasteiger partial charge >= 0.3 is 0 Å². The van der Waals surface area contributed by atoms with Gasteiger partial charge in [-0.3, -0.25) is 4.79 Å². The fourth-order valence-electron chi connectivity index (χ4n) is 2.12. The highest BCUT2D eigenvalue weighted by molar-refractivity contribution is 7.80. The van der Waals surface area contributed by atoms with Crippen molar-refractivity contribution in [3.05, 3.63) is 29.3 Å². The molecule has 1 N–H and O–H groups in total. The summed E-state index contributed by atoms with van der Waals surface area (Å²) in [5, 5.41) is 3.13. The van der Waals surface area contributed by atoms with Crippen molar-refractivity contribution in [2.45, 2.75) is 44.0 Å². The van der Waals surface area contributed by atoms with Crippen LogP contribution in [0.5, 0.6) is 0 Å². The summed E-state index contributed by atoms with van der Waals surface area (Å²) in [4.78, 5) is 13.0. The van der Waals surface area contributed by atoms with Gasteiger partial charge in [-0.1, -0.05) is 6.07 Å². The highest BCUT2D eigenvalue weighted by Crippen LogP contribution is 2.39. The average Bonchev–Trinajstić information content (AvgIpc) is 3.04. The number of nitrogens with one attached hydrogen (secondary N) is 1. The Hall–Kier alpha value is -0.960. The molecular formula is C14H19NOS. The van der Waals surface area contributed by atoms with Gasteiger partial charge in [-0.15, -0.1) is 12.6 Å². The predicted molar refractivity (Wildman–Crippen MR) is 72.7 cm³/mol. The van der Waals surface area contributed by atoms with E-state index in [1.165, 1.54) is 12.8 Å². The van der Waals surface area contributed by atoms with Crippen LogP contribution in [0.4, 0.5) is 0 Å². The Balaban J connectivity index is 2.16. The number of benzene rings is 1. The molecule has 1 fully saturated rings. The lowest BCUT2D eigenvalue weighted by Gasteiger charge is -2.26. The van der Waals surface area contributed by atoms with Crippen LogP contribution in [0.1, 0.15) is 42.6 Å². The molecule has 0 aromatic heterocycles. The molecule has 0 aliphatic heterocycles. The molecule has 1 aliphatic rings. The molecule has 1 aromatic carbocycles. The van der Waals surface area contributed by atoms with Crippen molar-refractivity contribution < 1.29 is 4.79 Å². The van der Waals surface area contributed by atoms with Gasteiger partial charge in [0.25, 0.3) is 5.91 Å². The van der Waals surface area contributed by atoms with Gasteiger partial charge < -0.3 is 5.32 Å². The highest BCUT2D eigenvalue weighted by Gasteiger charge is 2.38. The van der Waals surface area contributed by atoms with Crippen molar-refractivity contribution in [3.63, 3.8) is 0 Å². The van der Waals surface area contributed by atoms with Gasteiger partial charge in [-0.25, -0.2) is 0 Å². The first-order chi connectivity index (χ1) is 7.90. The molecule has 0 spiro atoms. The number of carbonyl (C=O) groups is 1. The third kappa shape index (κ3) is 2.83. The van der Waals surface area contributed by atoms with E-state index in [1.54, 1.807) is 0 Å². The van der Waals surface area contributed by atoms with Gasteiger partial charge in [0.15, 0.2) is 0 Å². The van der Waals surface area contributed by atoms with Crippen LogP contribution in [0.2, 0.25) is 0 Å². The summed E-state index contributed by atoms with van der Waals surface area (Å²) in [7, 11) is 0. The SMILES string of the molecule is Cc1ccc(S)cc1C(=O)NC(C)(C)C1CC1. The highest BCUT2D eigenvalue weighted by atomic mass is 32.1. The molecule has 0 unspecified atom stereocenters. The molecule has 3 heteroatoms. The first kappa shape index (κ1) is 12.5. The third-order valence-electron chi connectivity index (χ3n) is 3.50. The summed E-state index contributed by atoms with van der Waals surface area (Å²) in [6.07, 6.45) is 2.44. The Morgan fingerprint density at radius 2 is 2.06 bits per heavy atom. The van der Waals surface area contributed by atoms with Crippen molar-refractivity contribution in [2.75, 3.05) is 0 Å². The summed E-state index contributed by atoms with van der Waals surface area (Å²) < 4.78 is 0. The number of rotatable bonds is 3. The van der Waals surface area contributed by atoms with Crippen LogP contribution in [-0.4, -0.2) is 11.4 Å². The minimum Gasteiger partial charge on any atom is -0.347 e. The third-order valence-corrected chi connectivity index (χ3v) is 3.78. The molecule has 0 saturated heterocycles. The molecule has 1 saturated carbocycles. The quantitative estimate of drug-likeness (QED) is 0.791. The molecule has 0 atom stereocenters. The molecule has 2 nitrogen and oxygen atoms in total. The van der Waals surface area contributed by atoms with E-state index in [2.05, 4.69) is 31.8 Å². The van der Waals surface area contributed by atoms with E-state index in [0.717, 1.165) is 16.0 Å². The lowest BCUT2D eigenvalue weighted by atomic mass is 9.97.